The Kier molecular flexibility index (Phi) is 5.57. The van der Waals surface area contributed by atoms with Gasteiger partial charge in [-0.25, -0.2) is 9.18 Å². The lowest BCUT2D eigenvalue weighted by Crippen LogP contribution is -2.10. The second-order valence-electron chi connectivity index (χ2n) is 5.23. The van der Waals surface area contributed by atoms with Gasteiger partial charge in [-0.3, -0.25) is 10.2 Å². The van der Waals surface area contributed by atoms with Crippen molar-refractivity contribution < 1.29 is 18.8 Å². The van der Waals surface area contributed by atoms with Crippen LogP contribution >= 0.6 is 0 Å². The number of benzene rings is 3. The maximum absolute atomic E-state index is 12.8. The second kappa shape index (κ2) is 8.43. The minimum atomic E-state index is -0.736. The minimum absolute atomic E-state index is 0.347. The molecule has 6 heteroatoms. The Labute approximate surface area is 149 Å². The van der Waals surface area contributed by atoms with Crippen molar-refractivity contribution in [2.24, 2.45) is 5.16 Å². The topological polar surface area (TPSA) is 59.9 Å². The van der Waals surface area contributed by atoms with Crippen LogP contribution < -0.4 is 10.1 Å². The number of anilines is 1. The summed E-state index contributed by atoms with van der Waals surface area (Å²) in [5.41, 5.74) is 1.15. The van der Waals surface area contributed by atoms with E-state index in [2.05, 4.69) is 10.5 Å². The number of halogens is 1. The molecule has 0 saturated heterocycles. The lowest BCUT2D eigenvalue weighted by atomic mass is 10.2. The zero-order chi connectivity index (χ0) is 18.2. The van der Waals surface area contributed by atoms with E-state index in [0.29, 0.717) is 17.0 Å². The van der Waals surface area contributed by atoms with Crippen LogP contribution in [0.5, 0.6) is 11.5 Å². The van der Waals surface area contributed by atoms with Gasteiger partial charge in [0.1, 0.15) is 17.3 Å². The molecule has 0 aliphatic heterocycles. The van der Waals surface area contributed by atoms with Gasteiger partial charge in [-0.2, -0.15) is 0 Å². The van der Waals surface area contributed by atoms with Gasteiger partial charge in [0, 0.05) is 5.69 Å². The molecule has 0 spiro atoms. The van der Waals surface area contributed by atoms with Crippen molar-refractivity contribution in [1.29, 1.82) is 0 Å². The molecule has 3 rings (SSSR count). The number of carbonyl (C=O) groups is 1. The number of para-hydroxylation sites is 1. The molecule has 0 fully saturated rings. The smallest absolute Gasteiger partial charge is 0.437 e. The predicted molar refractivity (Wildman–Crippen MR) is 97.1 cm³/mol. The quantitative estimate of drug-likeness (QED) is 0.391. The summed E-state index contributed by atoms with van der Waals surface area (Å²) in [5, 5.41) is 6.09. The number of ether oxygens (including phenoxy) is 1. The second-order valence-corrected chi connectivity index (χ2v) is 5.23. The molecule has 0 atom stereocenters. The molecule has 0 aliphatic rings. The van der Waals surface area contributed by atoms with E-state index >= 15 is 0 Å². The molecule has 3 aromatic carbocycles. The number of hydrogen-bond donors (Lipinski definition) is 1. The third-order valence-corrected chi connectivity index (χ3v) is 3.29. The molecule has 0 unspecified atom stereocenters. The monoisotopic (exact) mass is 350 g/mol. The van der Waals surface area contributed by atoms with Gasteiger partial charge in [0.25, 0.3) is 0 Å². The van der Waals surface area contributed by atoms with E-state index in [9.17, 15) is 9.18 Å². The molecule has 130 valence electrons. The number of nitrogens with one attached hydrogen (secondary N) is 1. The van der Waals surface area contributed by atoms with E-state index in [1.54, 1.807) is 24.3 Å². The summed E-state index contributed by atoms with van der Waals surface area (Å²) in [6, 6.07) is 21.8. The third kappa shape index (κ3) is 5.17. The number of rotatable bonds is 5. The number of hydrogen-bond acceptors (Lipinski definition) is 4. The molecular weight excluding hydrogens is 335 g/mol. The summed E-state index contributed by atoms with van der Waals surface area (Å²) >= 11 is 0. The maximum Gasteiger partial charge on any atom is 0.437 e. The summed E-state index contributed by atoms with van der Waals surface area (Å²) in [6.07, 6.45) is 0.579. The maximum atomic E-state index is 12.8. The van der Waals surface area contributed by atoms with Gasteiger partial charge in [0.05, 0.1) is 6.21 Å². The first-order chi connectivity index (χ1) is 12.7. The Bertz CT molecular complexity index is 879. The van der Waals surface area contributed by atoms with E-state index < -0.39 is 6.09 Å². The Hall–Kier alpha value is -3.67. The molecule has 0 aromatic heterocycles. The Morgan fingerprint density at radius 3 is 2.23 bits per heavy atom. The first-order valence-electron chi connectivity index (χ1n) is 7.79. The largest absolute Gasteiger partial charge is 0.457 e. The van der Waals surface area contributed by atoms with E-state index in [-0.39, 0.29) is 5.82 Å². The molecule has 0 saturated carbocycles. The van der Waals surface area contributed by atoms with Crippen LogP contribution in [-0.4, -0.2) is 12.3 Å². The fourth-order valence-electron chi connectivity index (χ4n) is 2.06. The van der Waals surface area contributed by atoms with Crippen molar-refractivity contribution in [1.82, 2.24) is 0 Å². The highest BCUT2D eigenvalue weighted by Crippen LogP contribution is 2.22. The molecular formula is C20H15FN2O3. The van der Waals surface area contributed by atoms with Gasteiger partial charge < -0.3 is 4.74 Å². The molecule has 0 radical (unpaired) electrons. The van der Waals surface area contributed by atoms with Crippen molar-refractivity contribution in [3.05, 3.63) is 90.2 Å². The van der Waals surface area contributed by atoms with Crippen molar-refractivity contribution in [2.75, 3.05) is 5.32 Å². The van der Waals surface area contributed by atoms with Crippen molar-refractivity contribution in [3.8, 4) is 11.5 Å². The average Bonchev–Trinajstić information content (AvgIpc) is 2.66. The highest BCUT2D eigenvalue weighted by Gasteiger charge is 2.03. The van der Waals surface area contributed by atoms with E-state index in [1.807, 2.05) is 30.3 Å². The first kappa shape index (κ1) is 17.2. The number of carbonyl (C=O) groups excluding carboxylic acids is 1. The van der Waals surface area contributed by atoms with E-state index in [1.165, 1.54) is 30.5 Å². The molecule has 0 bridgehead atoms. The van der Waals surface area contributed by atoms with Crippen LogP contribution in [0.2, 0.25) is 0 Å². The van der Waals surface area contributed by atoms with Gasteiger partial charge in [-0.15, -0.1) is 0 Å². The Balaban J connectivity index is 1.50. The van der Waals surface area contributed by atoms with Gasteiger partial charge in [-0.05, 0) is 54.1 Å². The van der Waals surface area contributed by atoms with Crippen molar-refractivity contribution >= 4 is 18.0 Å². The van der Waals surface area contributed by atoms with Gasteiger partial charge in [-0.1, -0.05) is 35.5 Å². The first-order valence-corrected chi connectivity index (χ1v) is 7.79. The molecule has 5 nitrogen and oxygen atoms in total. The zero-order valence-electron chi connectivity index (χ0n) is 13.6. The molecule has 1 N–H and O–H groups in total. The van der Waals surface area contributed by atoms with Gasteiger partial charge in [0.2, 0.25) is 0 Å². The van der Waals surface area contributed by atoms with Crippen LogP contribution in [0.25, 0.3) is 0 Å². The van der Waals surface area contributed by atoms with E-state index in [4.69, 9.17) is 9.57 Å². The summed E-state index contributed by atoms with van der Waals surface area (Å²) < 4.78 is 18.4. The standard InChI is InChI=1S/C20H15FN2O3/c21-16-8-6-15(7-9-16)14-22-26-20(24)23-17-10-12-19(13-11-17)25-18-4-2-1-3-5-18/h1-14H,(H,23,24)/b22-14+. The molecule has 1 amide bonds. The zero-order valence-corrected chi connectivity index (χ0v) is 13.6. The van der Waals surface area contributed by atoms with Crippen molar-refractivity contribution in [3.63, 3.8) is 0 Å². The summed E-state index contributed by atoms with van der Waals surface area (Å²) in [5.74, 6) is 1.02. The molecule has 0 heterocycles. The highest BCUT2D eigenvalue weighted by atomic mass is 19.1. The number of oxime groups is 1. The van der Waals surface area contributed by atoms with Crippen LogP contribution in [0, 0.1) is 5.82 Å². The summed E-state index contributed by atoms with van der Waals surface area (Å²) in [4.78, 5) is 16.4. The van der Waals surface area contributed by atoms with Crippen LogP contribution in [0.15, 0.2) is 84.0 Å². The van der Waals surface area contributed by atoms with E-state index in [0.717, 1.165) is 5.75 Å². The Morgan fingerprint density at radius 1 is 0.885 bits per heavy atom. The van der Waals surface area contributed by atoms with Gasteiger partial charge in [0.15, 0.2) is 0 Å². The Morgan fingerprint density at radius 2 is 1.54 bits per heavy atom. The third-order valence-electron chi connectivity index (χ3n) is 3.29. The van der Waals surface area contributed by atoms with Crippen LogP contribution in [0.3, 0.4) is 0 Å². The molecule has 3 aromatic rings. The van der Waals surface area contributed by atoms with Crippen LogP contribution in [-0.2, 0) is 4.84 Å². The highest BCUT2D eigenvalue weighted by molar-refractivity contribution is 5.85. The SMILES string of the molecule is O=C(Nc1ccc(Oc2ccccc2)cc1)O/N=C/c1ccc(F)cc1. The predicted octanol–water partition coefficient (Wildman–Crippen LogP) is 5.20. The number of amides is 1. The minimum Gasteiger partial charge on any atom is -0.457 e. The van der Waals surface area contributed by atoms with Crippen LogP contribution in [0.1, 0.15) is 5.56 Å². The fraction of sp³-hybridized carbons (Fsp3) is 0. The van der Waals surface area contributed by atoms with Gasteiger partial charge >= 0.3 is 6.09 Å². The lowest BCUT2D eigenvalue weighted by Gasteiger charge is -2.07. The summed E-state index contributed by atoms with van der Waals surface area (Å²) in [7, 11) is 0. The summed E-state index contributed by atoms with van der Waals surface area (Å²) in [6.45, 7) is 0. The molecule has 26 heavy (non-hydrogen) atoms. The fourth-order valence-corrected chi connectivity index (χ4v) is 2.06. The molecule has 0 aliphatic carbocycles. The number of nitrogens with zero attached hydrogens (tertiary/aromatic N) is 1. The average molecular weight is 350 g/mol. The normalized spacial score (nSPS) is 10.5. The van der Waals surface area contributed by atoms with Crippen LogP contribution in [0.4, 0.5) is 14.9 Å². The van der Waals surface area contributed by atoms with Crippen molar-refractivity contribution in [2.45, 2.75) is 0 Å². The lowest BCUT2D eigenvalue weighted by molar-refractivity contribution is 0.167.